The van der Waals surface area contributed by atoms with Crippen molar-refractivity contribution in [3.63, 3.8) is 0 Å². The van der Waals surface area contributed by atoms with Gasteiger partial charge in [0.25, 0.3) is 5.56 Å². The van der Waals surface area contributed by atoms with Crippen molar-refractivity contribution < 1.29 is 9.47 Å². The Morgan fingerprint density at radius 1 is 1.06 bits per heavy atom. The minimum absolute atomic E-state index is 0.251. The molecule has 33 heavy (non-hydrogen) atoms. The molecule has 3 aromatic carbocycles. The first-order valence-corrected chi connectivity index (χ1v) is 12.2. The average molecular weight is 636 g/mol. The topological polar surface area (TPSA) is 65.7 Å². The Balaban J connectivity index is 1.71. The molecule has 0 amide bonds. The standard InChI is InChI=1S/C24H18Br3N3O3/c1-14-29-21-9-8-17(25)10-19(21)24(31)30(14)28-12-15-4-3-5-22(32-2)23(15)33-13-16-6-7-18(26)11-20(16)27/h3-12H,13H2,1-2H3. The van der Waals surface area contributed by atoms with Crippen LogP contribution in [0.1, 0.15) is 17.0 Å². The molecule has 1 aromatic heterocycles. The molecular formula is C24H18Br3N3O3. The minimum atomic E-state index is -0.251. The van der Waals surface area contributed by atoms with E-state index in [4.69, 9.17) is 9.47 Å². The highest BCUT2D eigenvalue weighted by Crippen LogP contribution is 2.32. The largest absolute Gasteiger partial charge is 0.493 e. The third-order valence-corrected chi connectivity index (χ3v) is 6.62. The maximum atomic E-state index is 13.0. The van der Waals surface area contributed by atoms with Gasteiger partial charge in [0.2, 0.25) is 0 Å². The zero-order valence-electron chi connectivity index (χ0n) is 17.7. The van der Waals surface area contributed by atoms with E-state index in [0.29, 0.717) is 40.4 Å². The van der Waals surface area contributed by atoms with E-state index in [2.05, 4.69) is 57.9 Å². The van der Waals surface area contributed by atoms with Crippen molar-refractivity contribution in [2.75, 3.05) is 7.11 Å². The number of ether oxygens (including phenoxy) is 2. The van der Waals surface area contributed by atoms with Crippen molar-refractivity contribution in [3.8, 4) is 11.5 Å². The summed E-state index contributed by atoms with van der Waals surface area (Å²) in [7, 11) is 1.58. The molecule has 0 atom stereocenters. The normalized spacial score (nSPS) is 11.3. The van der Waals surface area contributed by atoms with Gasteiger partial charge in [0.1, 0.15) is 12.4 Å². The van der Waals surface area contributed by atoms with Crippen LogP contribution >= 0.6 is 47.8 Å². The van der Waals surface area contributed by atoms with Gasteiger partial charge in [-0.1, -0.05) is 59.9 Å². The highest BCUT2D eigenvalue weighted by molar-refractivity contribution is 9.11. The third kappa shape index (κ3) is 5.20. The first-order valence-electron chi connectivity index (χ1n) is 9.84. The predicted octanol–water partition coefficient (Wildman–Crippen LogP) is 6.46. The number of halogens is 3. The molecule has 0 bridgehead atoms. The van der Waals surface area contributed by atoms with Crippen LogP contribution in [0.25, 0.3) is 10.9 Å². The van der Waals surface area contributed by atoms with Gasteiger partial charge in [-0.05, 0) is 49.4 Å². The second-order valence-electron chi connectivity index (χ2n) is 7.09. The number of hydrogen-bond acceptors (Lipinski definition) is 5. The first kappa shape index (κ1) is 23.7. The molecule has 0 unspecified atom stereocenters. The molecule has 4 aromatic rings. The molecule has 0 saturated carbocycles. The summed E-state index contributed by atoms with van der Waals surface area (Å²) >= 11 is 10.4. The maximum absolute atomic E-state index is 13.0. The van der Waals surface area contributed by atoms with E-state index in [1.165, 1.54) is 4.68 Å². The van der Waals surface area contributed by atoms with Gasteiger partial charge in [0.05, 0.1) is 24.2 Å². The SMILES string of the molecule is COc1cccc(C=Nn2c(C)nc3ccc(Br)cc3c2=O)c1OCc1ccc(Br)cc1Br. The summed E-state index contributed by atoms with van der Waals surface area (Å²) < 4.78 is 15.6. The average Bonchev–Trinajstić information content (AvgIpc) is 2.79. The Hall–Kier alpha value is -2.49. The van der Waals surface area contributed by atoms with Gasteiger partial charge >= 0.3 is 0 Å². The zero-order valence-corrected chi connectivity index (χ0v) is 22.4. The lowest BCUT2D eigenvalue weighted by atomic mass is 10.2. The number of benzene rings is 3. The smallest absolute Gasteiger partial charge is 0.282 e. The Labute approximate surface area is 215 Å². The molecule has 6 nitrogen and oxygen atoms in total. The number of fused-ring (bicyclic) bond motifs is 1. The fraction of sp³-hybridized carbons (Fsp3) is 0.125. The van der Waals surface area contributed by atoms with Crippen molar-refractivity contribution in [1.82, 2.24) is 9.66 Å². The van der Waals surface area contributed by atoms with Gasteiger partial charge in [-0.2, -0.15) is 9.78 Å². The predicted molar refractivity (Wildman–Crippen MR) is 141 cm³/mol. The van der Waals surface area contributed by atoms with Gasteiger partial charge in [-0.3, -0.25) is 4.79 Å². The van der Waals surface area contributed by atoms with Crippen LogP contribution in [0.15, 0.2) is 77.9 Å². The van der Waals surface area contributed by atoms with Gasteiger partial charge < -0.3 is 9.47 Å². The van der Waals surface area contributed by atoms with Gasteiger partial charge in [0.15, 0.2) is 11.5 Å². The molecule has 9 heteroatoms. The van der Waals surface area contributed by atoms with Crippen LogP contribution in [0, 0.1) is 6.92 Å². The first-order chi connectivity index (χ1) is 15.9. The summed E-state index contributed by atoms with van der Waals surface area (Å²) in [6.07, 6.45) is 1.58. The van der Waals surface area contributed by atoms with Crippen LogP contribution < -0.4 is 15.0 Å². The lowest BCUT2D eigenvalue weighted by molar-refractivity contribution is 0.283. The van der Waals surface area contributed by atoms with Gasteiger partial charge in [0, 0.05) is 24.5 Å². The summed E-state index contributed by atoms with van der Waals surface area (Å²) in [6, 6.07) is 16.8. The second kappa shape index (κ2) is 10.2. The highest BCUT2D eigenvalue weighted by Gasteiger charge is 2.12. The van der Waals surface area contributed by atoms with E-state index in [1.54, 1.807) is 32.4 Å². The summed E-state index contributed by atoms with van der Waals surface area (Å²) in [5, 5.41) is 4.91. The molecule has 0 aliphatic rings. The lowest BCUT2D eigenvalue weighted by Gasteiger charge is -2.14. The summed E-state index contributed by atoms with van der Waals surface area (Å²) in [5.74, 6) is 1.58. The van der Waals surface area contributed by atoms with Crippen LogP contribution in [0.2, 0.25) is 0 Å². The highest BCUT2D eigenvalue weighted by atomic mass is 79.9. The molecule has 0 radical (unpaired) electrons. The number of nitrogens with zero attached hydrogens (tertiary/aromatic N) is 3. The van der Waals surface area contributed by atoms with Crippen LogP contribution in [-0.4, -0.2) is 23.0 Å². The van der Waals surface area contributed by atoms with Gasteiger partial charge in [-0.15, -0.1) is 0 Å². The fourth-order valence-electron chi connectivity index (χ4n) is 3.25. The number of aromatic nitrogens is 2. The molecule has 168 valence electrons. The van der Waals surface area contributed by atoms with Crippen LogP contribution in [0.4, 0.5) is 0 Å². The number of hydrogen-bond donors (Lipinski definition) is 0. The summed E-state index contributed by atoms with van der Waals surface area (Å²) in [6.45, 7) is 2.06. The summed E-state index contributed by atoms with van der Waals surface area (Å²) in [5.41, 5.74) is 2.02. The molecule has 0 spiro atoms. The molecular weight excluding hydrogens is 618 g/mol. The fourth-order valence-corrected chi connectivity index (χ4v) is 4.78. The van der Waals surface area contributed by atoms with E-state index >= 15 is 0 Å². The molecule has 0 aliphatic heterocycles. The van der Waals surface area contributed by atoms with Gasteiger partial charge in [-0.25, -0.2) is 4.98 Å². The number of aryl methyl sites for hydroxylation is 1. The summed E-state index contributed by atoms with van der Waals surface area (Å²) in [4.78, 5) is 17.5. The number of methoxy groups -OCH3 is 1. The van der Waals surface area contributed by atoms with Crippen molar-refractivity contribution in [3.05, 3.63) is 95.3 Å². The molecule has 0 fully saturated rings. The van der Waals surface area contributed by atoms with E-state index in [0.717, 1.165) is 19.0 Å². The lowest BCUT2D eigenvalue weighted by Crippen LogP contribution is -2.20. The van der Waals surface area contributed by atoms with Crippen molar-refractivity contribution >= 4 is 64.9 Å². The zero-order chi connectivity index (χ0) is 23.5. The van der Waals surface area contributed by atoms with Crippen LogP contribution in [-0.2, 0) is 6.61 Å². The Bertz CT molecular complexity index is 1430. The Morgan fingerprint density at radius 2 is 1.82 bits per heavy atom. The Morgan fingerprint density at radius 3 is 2.58 bits per heavy atom. The monoisotopic (exact) mass is 633 g/mol. The second-order valence-corrected chi connectivity index (χ2v) is 9.77. The third-order valence-electron chi connectivity index (χ3n) is 4.90. The van der Waals surface area contributed by atoms with Crippen molar-refractivity contribution in [2.45, 2.75) is 13.5 Å². The van der Waals surface area contributed by atoms with Crippen LogP contribution in [0.5, 0.6) is 11.5 Å². The molecule has 0 saturated heterocycles. The minimum Gasteiger partial charge on any atom is -0.493 e. The molecule has 1 heterocycles. The van der Waals surface area contributed by atoms with Crippen LogP contribution in [0.3, 0.4) is 0 Å². The maximum Gasteiger partial charge on any atom is 0.282 e. The van der Waals surface area contributed by atoms with E-state index < -0.39 is 0 Å². The molecule has 0 N–H and O–H groups in total. The Kier molecular flexibility index (Phi) is 7.31. The number of rotatable bonds is 6. The number of para-hydroxylation sites is 1. The van der Waals surface area contributed by atoms with E-state index in [9.17, 15) is 4.79 Å². The van der Waals surface area contributed by atoms with Crippen molar-refractivity contribution in [1.29, 1.82) is 0 Å². The molecule has 4 rings (SSSR count). The van der Waals surface area contributed by atoms with Crippen molar-refractivity contribution in [2.24, 2.45) is 5.10 Å². The molecule has 0 aliphatic carbocycles. The van der Waals surface area contributed by atoms with E-state index in [-0.39, 0.29) is 5.56 Å². The van der Waals surface area contributed by atoms with E-state index in [1.807, 2.05) is 42.5 Å². The quantitative estimate of drug-likeness (QED) is 0.228.